The van der Waals surface area contributed by atoms with Gasteiger partial charge in [-0.15, -0.1) is 0 Å². The average molecular weight is 287 g/mol. The first-order valence-corrected chi connectivity index (χ1v) is 6.25. The van der Waals surface area contributed by atoms with E-state index >= 15 is 0 Å². The molecule has 2 aromatic heterocycles. The molecule has 2 heterocycles. The fraction of sp³-hybridized carbons (Fsp3) is 0.250. The van der Waals surface area contributed by atoms with E-state index in [4.69, 9.17) is 11.5 Å². The first-order valence-electron chi connectivity index (χ1n) is 6.25. The maximum Gasteiger partial charge on any atom is 0.319 e. The van der Waals surface area contributed by atoms with Crippen LogP contribution >= 0.6 is 0 Å². The highest BCUT2D eigenvalue weighted by molar-refractivity contribution is 5.94. The number of nitrogens with two attached hydrogens (primary N) is 2. The van der Waals surface area contributed by atoms with E-state index in [0.29, 0.717) is 24.2 Å². The van der Waals surface area contributed by atoms with Gasteiger partial charge >= 0.3 is 6.03 Å². The highest BCUT2D eigenvalue weighted by Gasteiger charge is 2.27. The number of carbonyl (C=O) groups is 2. The van der Waals surface area contributed by atoms with Crippen molar-refractivity contribution in [3.63, 3.8) is 0 Å². The number of hydrogen-bond acceptors (Lipinski definition) is 5. The molecule has 9 heteroatoms. The average Bonchev–Trinajstić information content (AvgIpc) is 2.76. The van der Waals surface area contributed by atoms with E-state index in [1.807, 2.05) is 0 Å². The third kappa shape index (κ3) is 2.08. The number of anilines is 1. The Morgan fingerprint density at radius 2 is 2.10 bits per heavy atom. The molecule has 0 bridgehead atoms. The SMILES string of the molecule is Cn1nc(C(N)=O)c2c1-c1nc(NC(N)=O)ncc1CC2. The molecule has 1 aliphatic rings. The molecule has 3 amide bonds. The third-order valence-corrected chi connectivity index (χ3v) is 3.35. The Morgan fingerprint density at radius 3 is 2.76 bits per heavy atom. The molecule has 0 radical (unpaired) electrons. The molecule has 0 unspecified atom stereocenters. The van der Waals surface area contributed by atoms with Crippen molar-refractivity contribution in [1.29, 1.82) is 0 Å². The molecule has 5 N–H and O–H groups in total. The van der Waals surface area contributed by atoms with E-state index in [9.17, 15) is 9.59 Å². The van der Waals surface area contributed by atoms with Gasteiger partial charge in [0.05, 0.1) is 11.4 Å². The highest BCUT2D eigenvalue weighted by Crippen LogP contribution is 2.33. The van der Waals surface area contributed by atoms with E-state index in [2.05, 4.69) is 20.4 Å². The van der Waals surface area contributed by atoms with Gasteiger partial charge in [-0.05, 0) is 18.4 Å². The van der Waals surface area contributed by atoms with Gasteiger partial charge in [0.1, 0.15) is 0 Å². The molecule has 2 aromatic rings. The predicted octanol–water partition coefficient (Wildman–Crippen LogP) is -0.435. The lowest BCUT2D eigenvalue weighted by molar-refractivity contribution is 0.0994. The molecule has 0 spiro atoms. The summed E-state index contributed by atoms with van der Waals surface area (Å²) in [6.07, 6.45) is 2.94. The second-order valence-electron chi connectivity index (χ2n) is 4.72. The van der Waals surface area contributed by atoms with Crippen LogP contribution in [0.25, 0.3) is 11.4 Å². The van der Waals surface area contributed by atoms with E-state index in [1.54, 1.807) is 17.9 Å². The van der Waals surface area contributed by atoms with Gasteiger partial charge in [0, 0.05) is 18.8 Å². The van der Waals surface area contributed by atoms with Gasteiger partial charge in [0.2, 0.25) is 5.95 Å². The summed E-state index contributed by atoms with van der Waals surface area (Å²) in [7, 11) is 1.71. The van der Waals surface area contributed by atoms with E-state index < -0.39 is 11.9 Å². The molecular weight excluding hydrogens is 274 g/mol. The molecule has 21 heavy (non-hydrogen) atoms. The van der Waals surface area contributed by atoms with Crippen LogP contribution in [0.15, 0.2) is 6.20 Å². The Morgan fingerprint density at radius 1 is 1.33 bits per heavy atom. The standard InChI is InChI=1S/C12H13N7O2/c1-19-9-6(8(18-19)10(13)20)3-2-5-4-15-12(16-7(5)9)17-11(14)21/h4H,2-3H2,1H3,(H2,13,20)(H3,14,15,16,17,21). The van der Waals surface area contributed by atoms with Crippen LogP contribution in [0.4, 0.5) is 10.7 Å². The molecule has 3 rings (SSSR count). The smallest absolute Gasteiger partial charge is 0.319 e. The van der Waals surface area contributed by atoms with Crippen molar-refractivity contribution >= 4 is 17.9 Å². The van der Waals surface area contributed by atoms with Crippen LogP contribution in [-0.4, -0.2) is 31.7 Å². The summed E-state index contributed by atoms with van der Waals surface area (Å²) >= 11 is 0. The maximum atomic E-state index is 11.5. The van der Waals surface area contributed by atoms with Crippen molar-refractivity contribution < 1.29 is 9.59 Å². The van der Waals surface area contributed by atoms with Crippen molar-refractivity contribution in [3.05, 3.63) is 23.0 Å². The Bertz CT molecular complexity index is 765. The quantitative estimate of drug-likeness (QED) is 0.686. The number of aryl methyl sites for hydroxylation is 2. The minimum absolute atomic E-state index is 0.107. The molecular formula is C12H13N7O2. The molecule has 0 aromatic carbocycles. The summed E-state index contributed by atoms with van der Waals surface area (Å²) in [5.41, 5.74) is 13.7. The Kier molecular flexibility index (Phi) is 2.82. The van der Waals surface area contributed by atoms with Gasteiger partial charge in [0.15, 0.2) is 5.69 Å². The number of hydrogen-bond donors (Lipinski definition) is 3. The minimum atomic E-state index is -0.742. The number of nitrogens with one attached hydrogen (secondary N) is 1. The van der Waals surface area contributed by atoms with Crippen LogP contribution < -0.4 is 16.8 Å². The molecule has 0 saturated heterocycles. The number of primary amides is 2. The molecule has 0 atom stereocenters. The summed E-state index contributed by atoms with van der Waals surface area (Å²) < 4.78 is 1.56. The summed E-state index contributed by atoms with van der Waals surface area (Å²) in [6.45, 7) is 0. The van der Waals surface area contributed by atoms with Crippen molar-refractivity contribution in [2.24, 2.45) is 18.5 Å². The van der Waals surface area contributed by atoms with Crippen molar-refractivity contribution in [2.45, 2.75) is 12.8 Å². The molecule has 1 aliphatic carbocycles. The zero-order chi connectivity index (χ0) is 15.1. The summed E-state index contributed by atoms with van der Waals surface area (Å²) in [6, 6.07) is -0.742. The zero-order valence-electron chi connectivity index (χ0n) is 11.3. The maximum absolute atomic E-state index is 11.5. The molecule has 108 valence electrons. The number of aromatic nitrogens is 4. The first-order chi connectivity index (χ1) is 9.97. The van der Waals surface area contributed by atoms with Crippen molar-refractivity contribution in [1.82, 2.24) is 19.7 Å². The van der Waals surface area contributed by atoms with Crippen molar-refractivity contribution in [2.75, 3.05) is 5.32 Å². The number of urea groups is 1. The fourth-order valence-corrected chi connectivity index (χ4v) is 2.52. The summed E-state index contributed by atoms with van der Waals surface area (Å²) in [5.74, 6) is -0.462. The monoisotopic (exact) mass is 287 g/mol. The summed E-state index contributed by atoms with van der Waals surface area (Å²) in [5, 5.41) is 6.48. The van der Waals surface area contributed by atoms with E-state index in [1.165, 1.54) is 0 Å². The number of rotatable bonds is 2. The van der Waals surface area contributed by atoms with Gasteiger partial charge in [-0.3, -0.25) is 14.8 Å². The van der Waals surface area contributed by atoms with Crippen LogP contribution in [0.1, 0.15) is 21.6 Å². The second-order valence-corrected chi connectivity index (χ2v) is 4.72. The largest absolute Gasteiger partial charge is 0.364 e. The fourth-order valence-electron chi connectivity index (χ4n) is 2.52. The third-order valence-electron chi connectivity index (χ3n) is 3.35. The van der Waals surface area contributed by atoms with E-state index in [-0.39, 0.29) is 11.6 Å². The lowest BCUT2D eigenvalue weighted by atomic mass is 9.93. The van der Waals surface area contributed by atoms with Crippen LogP contribution in [0.3, 0.4) is 0 Å². The van der Waals surface area contributed by atoms with Gasteiger partial charge < -0.3 is 11.5 Å². The zero-order valence-corrected chi connectivity index (χ0v) is 11.3. The number of fused-ring (bicyclic) bond motifs is 3. The second kappa shape index (κ2) is 4.54. The van der Waals surface area contributed by atoms with Crippen LogP contribution in [-0.2, 0) is 19.9 Å². The Labute approximate surface area is 119 Å². The topological polar surface area (TPSA) is 142 Å². The normalized spacial score (nSPS) is 12.4. The lowest BCUT2D eigenvalue weighted by Gasteiger charge is -2.16. The number of nitrogens with zero attached hydrogens (tertiary/aromatic N) is 4. The lowest BCUT2D eigenvalue weighted by Crippen LogP contribution is -2.22. The van der Waals surface area contributed by atoms with Crippen LogP contribution in [0, 0.1) is 0 Å². The first kappa shape index (κ1) is 13.0. The summed E-state index contributed by atoms with van der Waals surface area (Å²) in [4.78, 5) is 30.7. The van der Waals surface area contributed by atoms with Crippen LogP contribution in [0.5, 0.6) is 0 Å². The Balaban J connectivity index is 2.17. The number of carbonyl (C=O) groups excluding carboxylic acids is 2. The molecule has 0 saturated carbocycles. The minimum Gasteiger partial charge on any atom is -0.364 e. The van der Waals surface area contributed by atoms with E-state index in [0.717, 1.165) is 11.1 Å². The molecule has 9 nitrogen and oxygen atoms in total. The van der Waals surface area contributed by atoms with Gasteiger partial charge in [-0.1, -0.05) is 0 Å². The van der Waals surface area contributed by atoms with Crippen molar-refractivity contribution in [3.8, 4) is 11.4 Å². The number of amides is 3. The van der Waals surface area contributed by atoms with Gasteiger partial charge in [0.25, 0.3) is 5.91 Å². The highest BCUT2D eigenvalue weighted by atomic mass is 16.2. The Hall–Kier alpha value is -2.97. The van der Waals surface area contributed by atoms with Crippen LogP contribution in [0.2, 0.25) is 0 Å². The molecule has 0 fully saturated rings. The predicted molar refractivity (Wildman–Crippen MR) is 73.4 cm³/mol. The molecule has 0 aliphatic heterocycles. The van der Waals surface area contributed by atoms with Gasteiger partial charge in [-0.25, -0.2) is 14.8 Å². The van der Waals surface area contributed by atoms with Gasteiger partial charge in [-0.2, -0.15) is 5.10 Å².